The van der Waals surface area contributed by atoms with Crippen LogP contribution in [0.1, 0.15) is 30.5 Å². The van der Waals surface area contributed by atoms with Crippen LogP contribution in [0.3, 0.4) is 0 Å². The van der Waals surface area contributed by atoms with E-state index in [9.17, 15) is 0 Å². The minimum Gasteiger partial charge on any atom is -0.454 e. The molecule has 2 atom stereocenters. The molecule has 0 amide bonds. The van der Waals surface area contributed by atoms with E-state index in [2.05, 4.69) is 18.9 Å². The third kappa shape index (κ3) is 2.16. The Labute approximate surface area is 124 Å². The standard InChI is InChI=1S/C15H21ClN2O2/c1-3-10-14(12-4-9(6-17)7-18(12)2)11(16)5-13-15(10)20-8-19-13/h5,9,12H,3-4,6-8,17H2,1-2H3. The molecule has 2 aliphatic rings. The molecular formula is C15H21ClN2O2. The van der Waals surface area contributed by atoms with E-state index in [4.69, 9.17) is 26.8 Å². The number of fused-ring (bicyclic) bond motifs is 1. The minimum absolute atomic E-state index is 0.286. The molecule has 0 bridgehead atoms. The van der Waals surface area contributed by atoms with Gasteiger partial charge in [0.25, 0.3) is 0 Å². The lowest BCUT2D eigenvalue weighted by Gasteiger charge is -2.24. The molecule has 0 spiro atoms. The molecule has 0 radical (unpaired) electrons. The summed E-state index contributed by atoms with van der Waals surface area (Å²) in [6.07, 6.45) is 1.94. The fourth-order valence-corrected chi connectivity index (χ4v) is 3.76. The average molecular weight is 297 g/mol. The number of likely N-dealkylation sites (tertiary alicyclic amines) is 1. The first-order valence-corrected chi connectivity index (χ1v) is 7.54. The van der Waals surface area contributed by atoms with Crippen LogP contribution < -0.4 is 15.2 Å². The highest BCUT2D eigenvalue weighted by molar-refractivity contribution is 6.31. The van der Waals surface area contributed by atoms with Gasteiger partial charge >= 0.3 is 0 Å². The number of nitrogens with zero attached hydrogens (tertiary/aromatic N) is 1. The summed E-state index contributed by atoms with van der Waals surface area (Å²) in [5, 5.41) is 0.778. The first-order chi connectivity index (χ1) is 9.65. The van der Waals surface area contributed by atoms with Gasteiger partial charge in [-0.05, 0) is 37.9 Å². The molecule has 2 N–H and O–H groups in total. The van der Waals surface area contributed by atoms with Crippen LogP contribution in [0.15, 0.2) is 6.07 Å². The molecule has 2 heterocycles. The van der Waals surface area contributed by atoms with Crippen LogP contribution >= 0.6 is 11.6 Å². The van der Waals surface area contributed by atoms with Crippen molar-refractivity contribution in [1.82, 2.24) is 4.90 Å². The van der Waals surface area contributed by atoms with Crippen molar-refractivity contribution < 1.29 is 9.47 Å². The van der Waals surface area contributed by atoms with Gasteiger partial charge in [0.05, 0.1) is 0 Å². The highest BCUT2D eigenvalue weighted by Gasteiger charge is 2.34. The summed E-state index contributed by atoms with van der Waals surface area (Å²) in [6.45, 7) is 4.17. The zero-order chi connectivity index (χ0) is 14.3. The monoisotopic (exact) mass is 296 g/mol. The van der Waals surface area contributed by atoms with Crippen LogP contribution in [-0.4, -0.2) is 31.8 Å². The summed E-state index contributed by atoms with van der Waals surface area (Å²) in [5.74, 6) is 2.18. The molecule has 1 aromatic carbocycles. The molecular weight excluding hydrogens is 276 g/mol. The predicted octanol–water partition coefficient (Wildman–Crippen LogP) is 2.58. The molecule has 2 aliphatic heterocycles. The lowest BCUT2D eigenvalue weighted by atomic mass is 9.93. The van der Waals surface area contributed by atoms with Crippen molar-refractivity contribution in [3.63, 3.8) is 0 Å². The van der Waals surface area contributed by atoms with Crippen molar-refractivity contribution in [3.8, 4) is 11.5 Å². The molecule has 1 fully saturated rings. The lowest BCUT2D eigenvalue weighted by molar-refractivity contribution is 0.173. The van der Waals surface area contributed by atoms with Gasteiger partial charge in [0.1, 0.15) is 0 Å². The highest BCUT2D eigenvalue weighted by atomic mass is 35.5. The maximum absolute atomic E-state index is 6.53. The number of hydrogen-bond acceptors (Lipinski definition) is 4. The van der Waals surface area contributed by atoms with E-state index in [1.54, 1.807) is 0 Å². The van der Waals surface area contributed by atoms with Crippen molar-refractivity contribution in [2.45, 2.75) is 25.8 Å². The summed E-state index contributed by atoms with van der Waals surface area (Å²) in [5.41, 5.74) is 8.20. The maximum Gasteiger partial charge on any atom is 0.231 e. The summed E-state index contributed by atoms with van der Waals surface area (Å²) >= 11 is 6.53. The normalized spacial score (nSPS) is 25.4. The summed E-state index contributed by atoms with van der Waals surface area (Å²) in [6, 6.07) is 2.21. The van der Waals surface area contributed by atoms with Gasteiger partial charge in [-0.2, -0.15) is 0 Å². The van der Waals surface area contributed by atoms with Gasteiger partial charge in [-0.15, -0.1) is 0 Å². The van der Waals surface area contributed by atoms with Gasteiger partial charge in [-0.1, -0.05) is 18.5 Å². The quantitative estimate of drug-likeness (QED) is 0.931. The zero-order valence-electron chi connectivity index (χ0n) is 12.0. The zero-order valence-corrected chi connectivity index (χ0v) is 12.7. The van der Waals surface area contributed by atoms with E-state index in [1.165, 1.54) is 11.1 Å². The van der Waals surface area contributed by atoms with E-state index >= 15 is 0 Å². The molecule has 4 nitrogen and oxygen atoms in total. The predicted molar refractivity (Wildman–Crippen MR) is 79.5 cm³/mol. The van der Waals surface area contributed by atoms with E-state index in [1.807, 2.05) is 6.07 Å². The van der Waals surface area contributed by atoms with E-state index in [0.29, 0.717) is 12.0 Å². The highest BCUT2D eigenvalue weighted by Crippen LogP contribution is 2.47. The number of nitrogens with two attached hydrogens (primary N) is 1. The third-order valence-electron chi connectivity index (χ3n) is 4.41. The Morgan fingerprint density at radius 1 is 1.45 bits per heavy atom. The van der Waals surface area contributed by atoms with Gasteiger partial charge in [-0.3, -0.25) is 4.90 Å². The average Bonchev–Trinajstić information content (AvgIpc) is 3.03. The molecule has 0 aromatic heterocycles. The maximum atomic E-state index is 6.53. The second kappa shape index (κ2) is 5.43. The summed E-state index contributed by atoms with van der Waals surface area (Å²) in [4.78, 5) is 2.35. The Hall–Kier alpha value is -0.970. The molecule has 110 valence electrons. The Morgan fingerprint density at radius 2 is 2.25 bits per heavy atom. The molecule has 5 heteroatoms. The third-order valence-corrected chi connectivity index (χ3v) is 4.72. The van der Waals surface area contributed by atoms with Crippen LogP contribution in [0.5, 0.6) is 11.5 Å². The molecule has 1 aromatic rings. The lowest BCUT2D eigenvalue weighted by Crippen LogP contribution is -2.21. The fourth-order valence-electron chi connectivity index (χ4n) is 3.42. The largest absolute Gasteiger partial charge is 0.454 e. The van der Waals surface area contributed by atoms with E-state index < -0.39 is 0 Å². The van der Waals surface area contributed by atoms with Crippen LogP contribution in [0.25, 0.3) is 0 Å². The topological polar surface area (TPSA) is 47.7 Å². The second-order valence-electron chi connectivity index (χ2n) is 5.63. The number of hydrogen-bond donors (Lipinski definition) is 1. The Kier molecular flexibility index (Phi) is 3.80. The van der Waals surface area contributed by atoms with Crippen molar-refractivity contribution in [2.24, 2.45) is 11.7 Å². The first-order valence-electron chi connectivity index (χ1n) is 7.16. The van der Waals surface area contributed by atoms with Crippen LogP contribution in [-0.2, 0) is 6.42 Å². The minimum atomic E-state index is 0.286. The molecule has 0 aliphatic carbocycles. The first kappa shape index (κ1) is 14.0. The van der Waals surface area contributed by atoms with E-state index in [0.717, 1.165) is 42.5 Å². The van der Waals surface area contributed by atoms with Crippen LogP contribution in [0.2, 0.25) is 5.02 Å². The SMILES string of the molecule is CCc1c2c(cc(Cl)c1C1CC(CN)CN1C)OCO2. The summed E-state index contributed by atoms with van der Waals surface area (Å²) in [7, 11) is 2.14. The number of halogens is 1. The number of ether oxygens (including phenoxy) is 2. The molecule has 1 saturated heterocycles. The fraction of sp³-hybridized carbons (Fsp3) is 0.600. The van der Waals surface area contributed by atoms with Gasteiger partial charge < -0.3 is 15.2 Å². The molecule has 2 unspecified atom stereocenters. The van der Waals surface area contributed by atoms with E-state index in [-0.39, 0.29) is 6.79 Å². The number of benzene rings is 1. The molecule has 0 saturated carbocycles. The summed E-state index contributed by atoms with van der Waals surface area (Å²) < 4.78 is 11.1. The Bertz CT molecular complexity index is 521. The van der Waals surface area contributed by atoms with Gasteiger partial charge in [0.2, 0.25) is 6.79 Å². The number of rotatable bonds is 3. The molecule has 20 heavy (non-hydrogen) atoms. The van der Waals surface area contributed by atoms with Crippen LogP contribution in [0, 0.1) is 5.92 Å². The molecule has 3 rings (SSSR count). The van der Waals surface area contributed by atoms with Crippen molar-refractivity contribution in [1.29, 1.82) is 0 Å². The van der Waals surface area contributed by atoms with Gasteiger partial charge in [0.15, 0.2) is 11.5 Å². The Morgan fingerprint density at radius 3 is 2.90 bits per heavy atom. The second-order valence-corrected chi connectivity index (χ2v) is 6.04. The van der Waals surface area contributed by atoms with Gasteiger partial charge in [0, 0.05) is 29.2 Å². The Balaban J connectivity index is 2.05. The smallest absolute Gasteiger partial charge is 0.231 e. The van der Waals surface area contributed by atoms with Crippen molar-refractivity contribution in [2.75, 3.05) is 26.9 Å². The van der Waals surface area contributed by atoms with Crippen molar-refractivity contribution >= 4 is 11.6 Å². The van der Waals surface area contributed by atoms with Gasteiger partial charge in [-0.25, -0.2) is 0 Å². The van der Waals surface area contributed by atoms with Crippen molar-refractivity contribution in [3.05, 3.63) is 22.2 Å². The van der Waals surface area contributed by atoms with Crippen LogP contribution in [0.4, 0.5) is 0 Å².